The van der Waals surface area contributed by atoms with Gasteiger partial charge in [0.1, 0.15) is 6.61 Å². The van der Waals surface area contributed by atoms with Gasteiger partial charge in [-0.05, 0) is 24.3 Å². The summed E-state index contributed by atoms with van der Waals surface area (Å²) in [5.41, 5.74) is 1.34. The normalized spacial score (nSPS) is 10.2. The van der Waals surface area contributed by atoms with Crippen LogP contribution in [0.15, 0.2) is 42.5 Å². The molecule has 1 amide bonds. The lowest BCUT2D eigenvalue weighted by atomic mass is 10.2. The fourth-order valence-corrected chi connectivity index (χ4v) is 1.79. The van der Waals surface area contributed by atoms with E-state index < -0.39 is 24.1 Å². The van der Waals surface area contributed by atoms with E-state index >= 15 is 0 Å². The number of aliphatic hydroxyl groups excluding tert-OH is 1. The van der Waals surface area contributed by atoms with Crippen LogP contribution in [0.5, 0.6) is 0 Å². The molecule has 110 valence electrons. The molecule has 4 nitrogen and oxygen atoms in total. The van der Waals surface area contributed by atoms with Gasteiger partial charge in [-0.15, -0.1) is 0 Å². The Bertz CT molecular complexity index is 647. The van der Waals surface area contributed by atoms with Crippen molar-refractivity contribution in [2.45, 2.75) is 6.54 Å². The number of anilines is 2. The average Bonchev–Trinajstić information content (AvgIpc) is 2.49. The molecule has 0 saturated heterocycles. The van der Waals surface area contributed by atoms with Crippen molar-refractivity contribution >= 4 is 17.3 Å². The molecule has 2 rings (SSSR count). The molecule has 0 aromatic heterocycles. The summed E-state index contributed by atoms with van der Waals surface area (Å²) in [5, 5.41) is 14.1. The molecule has 0 saturated carbocycles. The zero-order valence-corrected chi connectivity index (χ0v) is 11.1. The fourth-order valence-electron chi connectivity index (χ4n) is 1.79. The minimum atomic E-state index is -0.891. The molecule has 0 unspecified atom stereocenters. The van der Waals surface area contributed by atoms with Crippen molar-refractivity contribution in [2.24, 2.45) is 0 Å². The van der Waals surface area contributed by atoms with Crippen LogP contribution in [-0.4, -0.2) is 17.6 Å². The van der Waals surface area contributed by atoms with Gasteiger partial charge in [0.15, 0.2) is 11.6 Å². The maximum atomic E-state index is 13.5. The van der Waals surface area contributed by atoms with Crippen LogP contribution in [0.2, 0.25) is 0 Å². The van der Waals surface area contributed by atoms with Crippen molar-refractivity contribution in [3.8, 4) is 0 Å². The molecule has 0 aliphatic heterocycles. The molecular weight excluding hydrogens is 278 g/mol. The number of nitrogens with one attached hydrogen (secondary N) is 2. The smallest absolute Gasteiger partial charge is 0.250 e. The van der Waals surface area contributed by atoms with Crippen LogP contribution in [0.1, 0.15) is 5.56 Å². The summed E-state index contributed by atoms with van der Waals surface area (Å²) in [6.07, 6.45) is 0. The molecule has 0 spiro atoms. The molecule has 0 heterocycles. The Kier molecular flexibility index (Phi) is 4.84. The Hall–Kier alpha value is -2.47. The molecule has 0 bridgehead atoms. The lowest BCUT2D eigenvalue weighted by Crippen LogP contribution is -2.15. The van der Waals surface area contributed by atoms with Crippen molar-refractivity contribution < 1.29 is 18.7 Å². The largest absolute Gasteiger partial charge is 0.387 e. The van der Waals surface area contributed by atoms with Crippen LogP contribution >= 0.6 is 0 Å². The maximum absolute atomic E-state index is 13.5. The molecule has 0 fully saturated rings. The monoisotopic (exact) mass is 292 g/mol. The van der Waals surface area contributed by atoms with Crippen LogP contribution in [0.4, 0.5) is 20.2 Å². The number of halogens is 2. The van der Waals surface area contributed by atoms with E-state index in [9.17, 15) is 13.6 Å². The highest BCUT2D eigenvalue weighted by Gasteiger charge is 2.07. The molecule has 21 heavy (non-hydrogen) atoms. The molecular formula is C15H14F2N2O2. The zero-order valence-electron chi connectivity index (χ0n) is 11.1. The summed E-state index contributed by atoms with van der Waals surface area (Å²) in [6.45, 7) is -0.493. The minimum absolute atomic E-state index is 0.112. The van der Waals surface area contributed by atoms with Crippen molar-refractivity contribution in [3.63, 3.8) is 0 Å². The van der Waals surface area contributed by atoms with Gasteiger partial charge in [0.05, 0.1) is 0 Å². The van der Waals surface area contributed by atoms with Crippen LogP contribution in [0.25, 0.3) is 0 Å². The van der Waals surface area contributed by atoms with Crippen molar-refractivity contribution in [2.75, 3.05) is 17.2 Å². The topological polar surface area (TPSA) is 61.4 Å². The average molecular weight is 292 g/mol. The Balaban J connectivity index is 2.05. The number of rotatable bonds is 5. The van der Waals surface area contributed by atoms with Crippen LogP contribution in [-0.2, 0) is 11.3 Å². The first kappa shape index (κ1) is 14.9. The van der Waals surface area contributed by atoms with Gasteiger partial charge >= 0.3 is 0 Å². The van der Waals surface area contributed by atoms with Crippen LogP contribution < -0.4 is 10.6 Å². The Morgan fingerprint density at radius 2 is 1.81 bits per heavy atom. The van der Waals surface area contributed by atoms with E-state index in [0.717, 1.165) is 6.07 Å². The first-order valence-corrected chi connectivity index (χ1v) is 6.27. The minimum Gasteiger partial charge on any atom is -0.387 e. The number of aliphatic hydroxyl groups is 1. The number of amides is 1. The van der Waals surface area contributed by atoms with E-state index in [1.807, 2.05) is 0 Å². The van der Waals surface area contributed by atoms with E-state index in [1.165, 1.54) is 12.1 Å². The molecule has 2 aromatic carbocycles. The second-order valence-electron chi connectivity index (χ2n) is 4.35. The van der Waals surface area contributed by atoms with E-state index in [-0.39, 0.29) is 12.1 Å². The van der Waals surface area contributed by atoms with Crippen LogP contribution in [0, 0.1) is 11.6 Å². The van der Waals surface area contributed by atoms with Gasteiger partial charge in [-0.2, -0.15) is 0 Å². The molecule has 0 atom stereocenters. The second kappa shape index (κ2) is 6.81. The van der Waals surface area contributed by atoms with Gasteiger partial charge in [-0.3, -0.25) is 4.79 Å². The van der Waals surface area contributed by atoms with Gasteiger partial charge in [0.2, 0.25) is 5.91 Å². The summed E-state index contributed by atoms with van der Waals surface area (Å²) in [5.74, 6) is -2.30. The third-order valence-corrected chi connectivity index (χ3v) is 2.80. The number of benzene rings is 2. The standard InChI is InChI=1S/C15H14F2N2O2/c16-13-6-1-3-10(15(13)17)8-18-11-4-2-5-12(7-11)19-14(21)9-20/h1-7,18,20H,8-9H2,(H,19,21). The summed E-state index contributed by atoms with van der Waals surface area (Å²) in [6, 6.07) is 10.7. The molecule has 6 heteroatoms. The van der Waals surface area contributed by atoms with Crippen LogP contribution in [0.3, 0.4) is 0 Å². The summed E-state index contributed by atoms with van der Waals surface area (Å²) >= 11 is 0. The van der Waals surface area contributed by atoms with E-state index in [0.29, 0.717) is 11.4 Å². The predicted molar refractivity (Wildman–Crippen MR) is 75.8 cm³/mol. The molecule has 0 radical (unpaired) electrons. The summed E-state index contributed by atoms with van der Waals surface area (Å²) < 4.78 is 26.6. The number of carbonyl (C=O) groups excluding carboxylic acids is 1. The van der Waals surface area contributed by atoms with E-state index in [4.69, 9.17) is 5.11 Å². The highest BCUT2D eigenvalue weighted by molar-refractivity contribution is 5.91. The van der Waals surface area contributed by atoms with Gasteiger partial charge < -0.3 is 15.7 Å². The first-order valence-electron chi connectivity index (χ1n) is 6.27. The fraction of sp³-hybridized carbons (Fsp3) is 0.133. The Morgan fingerprint density at radius 1 is 1.10 bits per heavy atom. The van der Waals surface area contributed by atoms with Gasteiger partial charge in [0, 0.05) is 23.5 Å². The first-order chi connectivity index (χ1) is 10.1. The number of hydrogen-bond acceptors (Lipinski definition) is 3. The van der Waals surface area contributed by atoms with Crippen molar-refractivity contribution in [3.05, 3.63) is 59.7 Å². The summed E-state index contributed by atoms with van der Waals surface area (Å²) in [4.78, 5) is 11.1. The second-order valence-corrected chi connectivity index (χ2v) is 4.35. The number of hydrogen-bond donors (Lipinski definition) is 3. The van der Waals surface area contributed by atoms with Crippen molar-refractivity contribution in [1.82, 2.24) is 0 Å². The predicted octanol–water partition coefficient (Wildman–Crippen LogP) is 2.51. The van der Waals surface area contributed by atoms with E-state index in [2.05, 4.69) is 10.6 Å². The molecule has 0 aliphatic carbocycles. The molecule has 0 aliphatic rings. The third-order valence-electron chi connectivity index (χ3n) is 2.80. The molecule has 3 N–H and O–H groups in total. The SMILES string of the molecule is O=C(CO)Nc1cccc(NCc2cccc(F)c2F)c1. The Labute approximate surface area is 120 Å². The summed E-state index contributed by atoms with van der Waals surface area (Å²) in [7, 11) is 0. The van der Waals surface area contributed by atoms with E-state index in [1.54, 1.807) is 24.3 Å². The van der Waals surface area contributed by atoms with Gasteiger partial charge in [-0.1, -0.05) is 18.2 Å². The number of carbonyl (C=O) groups is 1. The highest BCUT2D eigenvalue weighted by Crippen LogP contribution is 2.17. The molecule has 2 aromatic rings. The lowest BCUT2D eigenvalue weighted by molar-refractivity contribution is -0.118. The van der Waals surface area contributed by atoms with Gasteiger partial charge in [0.25, 0.3) is 0 Å². The highest BCUT2D eigenvalue weighted by atomic mass is 19.2. The zero-order chi connectivity index (χ0) is 15.2. The third kappa shape index (κ3) is 4.00. The van der Waals surface area contributed by atoms with Gasteiger partial charge in [-0.25, -0.2) is 8.78 Å². The Morgan fingerprint density at radius 3 is 2.57 bits per heavy atom. The quantitative estimate of drug-likeness (QED) is 0.793. The maximum Gasteiger partial charge on any atom is 0.250 e. The van der Waals surface area contributed by atoms with Crippen molar-refractivity contribution in [1.29, 1.82) is 0 Å². The lowest BCUT2D eigenvalue weighted by Gasteiger charge is -2.10.